The van der Waals surface area contributed by atoms with E-state index in [1.54, 1.807) is 19.1 Å². The minimum Gasteiger partial charge on any atom is -0.382 e. The van der Waals surface area contributed by atoms with Gasteiger partial charge in [-0.05, 0) is 31.4 Å². The van der Waals surface area contributed by atoms with Crippen molar-refractivity contribution in [1.82, 2.24) is 0 Å². The molecule has 3 heteroatoms. The van der Waals surface area contributed by atoms with Gasteiger partial charge in [-0.2, -0.15) is 0 Å². The molecular formula is C14H17FO2. The van der Waals surface area contributed by atoms with Crippen molar-refractivity contribution in [2.45, 2.75) is 44.6 Å². The average Bonchev–Trinajstić information content (AvgIpc) is 2.33. The predicted octanol–water partition coefficient (Wildman–Crippen LogP) is 3.01. The van der Waals surface area contributed by atoms with E-state index in [-0.39, 0.29) is 11.3 Å². The maximum Gasteiger partial charge on any atom is 0.194 e. The van der Waals surface area contributed by atoms with Crippen molar-refractivity contribution in [3.8, 4) is 0 Å². The molecule has 0 aromatic heterocycles. The number of carbonyl (C=O) groups excluding carboxylic acids is 1. The first-order chi connectivity index (χ1) is 8.03. The second-order valence-electron chi connectivity index (χ2n) is 4.89. The molecule has 0 heterocycles. The summed E-state index contributed by atoms with van der Waals surface area (Å²) in [6.07, 6.45) is 3.74. The summed E-state index contributed by atoms with van der Waals surface area (Å²) in [5.41, 5.74) is -0.491. The Hall–Kier alpha value is -1.22. The maximum atomic E-state index is 13.4. The van der Waals surface area contributed by atoms with Crippen LogP contribution in [0.25, 0.3) is 0 Å². The van der Waals surface area contributed by atoms with E-state index in [9.17, 15) is 14.3 Å². The summed E-state index contributed by atoms with van der Waals surface area (Å²) in [4.78, 5) is 12.2. The molecule has 0 aliphatic heterocycles. The fourth-order valence-electron chi connectivity index (χ4n) is 2.37. The zero-order valence-corrected chi connectivity index (χ0v) is 10.0. The van der Waals surface area contributed by atoms with Crippen molar-refractivity contribution in [2.75, 3.05) is 0 Å². The van der Waals surface area contributed by atoms with E-state index in [1.807, 2.05) is 0 Å². The van der Waals surface area contributed by atoms with E-state index in [4.69, 9.17) is 0 Å². The molecule has 1 N–H and O–H groups in total. The third kappa shape index (κ3) is 2.39. The van der Waals surface area contributed by atoms with Crippen molar-refractivity contribution < 1.29 is 14.3 Å². The first-order valence-electron chi connectivity index (χ1n) is 6.06. The predicted molar refractivity (Wildman–Crippen MR) is 63.5 cm³/mol. The number of rotatable bonds is 2. The van der Waals surface area contributed by atoms with Crippen molar-refractivity contribution in [3.63, 3.8) is 0 Å². The number of hydrogen-bond donors (Lipinski definition) is 1. The lowest BCUT2D eigenvalue weighted by Gasteiger charge is -2.30. The van der Waals surface area contributed by atoms with Gasteiger partial charge in [-0.1, -0.05) is 31.4 Å². The van der Waals surface area contributed by atoms with Gasteiger partial charge in [0.25, 0.3) is 0 Å². The summed E-state index contributed by atoms with van der Waals surface area (Å²) in [5, 5.41) is 10.3. The standard InChI is InChI=1S/C14H17FO2/c1-10-5-6-11(9-12(10)15)13(16)14(17)7-3-2-4-8-14/h5-6,9,17H,2-4,7-8H2,1H3. The largest absolute Gasteiger partial charge is 0.382 e. The molecule has 92 valence electrons. The van der Waals surface area contributed by atoms with Gasteiger partial charge >= 0.3 is 0 Å². The minimum atomic E-state index is -1.28. The number of Topliss-reactive ketones (excluding diaryl/α,β-unsaturated/α-hetero) is 1. The van der Waals surface area contributed by atoms with E-state index in [0.717, 1.165) is 19.3 Å². The van der Waals surface area contributed by atoms with Crippen LogP contribution in [0.4, 0.5) is 4.39 Å². The van der Waals surface area contributed by atoms with Crippen LogP contribution in [-0.2, 0) is 0 Å². The molecule has 0 unspecified atom stereocenters. The molecule has 1 saturated carbocycles. The Kier molecular flexibility index (Phi) is 3.29. The van der Waals surface area contributed by atoms with E-state index in [0.29, 0.717) is 18.4 Å². The van der Waals surface area contributed by atoms with Gasteiger partial charge in [-0.3, -0.25) is 4.79 Å². The Balaban J connectivity index is 2.26. The van der Waals surface area contributed by atoms with Crippen molar-refractivity contribution in [3.05, 3.63) is 35.1 Å². The van der Waals surface area contributed by atoms with Crippen LogP contribution < -0.4 is 0 Å². The molecule has 0 atom stereocenters. The first-order valence-corrected chi connectivity index (χ1v) is 6.06. The smallest absolute Gasteiger partial charge is 0.194 e. The lowest BCUT2D eigenvalue weighted by Crippen LogP contribution is -2.40. The van der Waals surface area contributed by atoms with Gasteiger partial charge in [0.05, 0.1) is 0 Å². The summed E-state index contributed by atoms with van der Waals surface area (Å²) in [5.74, 6) is -0.730. The Morgan fingerprint density at radius 1 is 1.29 bits per heavy atom. The fourth-order valence-corrected chi connectivity index (χ4v) is 2.37. The summed E-state index contributed by atoms with van der Waals surface area (Å²) < 4.78 is 13.4. The number of carbonyl (C=O) groups is 1. The van der Waals surface area contributed by atoms with Gasteiger partial charge in [0, 0.05) is 5.56 Å². The lowest BCUT2D eigenvalue weighted by molar-refractivity contribution is 0.0116. The second kappa shape index (κ2) is 4.57. The number of hydrogen-bond acceptors (Lipinski definition) is 2. The van der Waals surface area contributed by atoms with E-state index in [2.05, 4.69) is 0 Å². The molecule has 2 rings (SSSR count). The Bertz CT molecular complexity index is 434. The Labute approximate surface area is 100 Å². The maximum absolute atomic E-state index is 13.4. The quantitative estimate of drug-likeness (QED) is 0.801. The third-order valence-electron chi connectivity index (χ3n) is 3.54. The van der Waals surface area contributed by atoms with Crippen LogP contribution in [0.1, 0.15) is 48.0 Å². The summed E-state index contributed by atoms with van der Waals surface area (Å²) >= 11 is 0. The van der Waals surface area contributed by atoms with Crippen LogP contribution in [0.2, 0.25) is 0 Å². The molecule has 1 aromatic carbocycles. The molecule has 0 spiro atoms. The topological polar surface area (TPSA) is 37.3 Å². The van der Waals surface area contributed by atoms with Crippen LogP contribution in [-0.4, -0.2) is 16.5 Å². The number of benzene rings is 1. The van der Waals surface area contributed by atoms with Crippen LogP contribution in [0, 0.1) is 12.7 Å². The van der Waals surface area contributed by atoms with Gasteiger partial charge in [0.2, 0.25) is 0 Å². The Morgan fingerprint density at radius 2 is 1.94 bits per heavy atom. The third-order valence-corrected chi connectivity index (χ3v) is 3.54. The molecule has 0 saturated heterocycles. The monoisotopic (exact) mass is 236 g/mol. The van der Waals surface area contributed by atoms with E-state index >= 15 is 0 Å². The van der Waals surface area contributed by atoms with Crippen LogP contribution >= 0.6 is 0 Å². The molecule has 0 amide bonds. The summed E-state index contributed by atoms with van der Waals surface area (Å²) in [6.45, 7) is 1.65. The van der Waals surface area contributed by atoms with Gasteiger partial charge in [0.15, 0.2) is 5.78 Å². The SMILES string of the molecule is Cc1ccc(C(=O)C2(O)CCCCC2)cc1F. The molecule has 1 aliphatic carbocycles. The van der Waals surface area contributed by atoms with Gasteiger partial charge in [-0.25, -0.2) is 4.39 Å². The molecule has 0 bridgehead atoms. The van der Waals surface area contributed by atoms with Crippen LogP contribution in [0.5, 0.6) is 0 Å². The highest BCUT2D eigenvalue weighted by molar-refractivity contribution is 6.02. The van der Waals surface area contributed by atoms with Gasteiger partial charge in [0.1, 0.15) is 11.4 Å². The average molecular weight is 236 g/mol. The van der Waals surface area contributed by atoms with E-state index < -0.39 is 11.4 Å². The minimum absolute atomic E-state index is 0.275. The molecule has 1 fully saturated rings. The van der Waals surface area contributed by atoms with Crippen molar-refractivity contribution in [1.29, 1.82) is 0 Å². The fraction of sp³-hybridized carbons (Fsp3) is 0.500. The zero-order valence-electron chi connectivity index (χ0n) is 10.0. The molecule has 1 aliphatic rings. The van der Waals surface area contributed by atoms with Gasteiger partial charge in [-0.15, -0.1) is 0 Å². The second-order valence-corrected chi connectivity index (χ2v) is 4.89. The van der Waals surface area contributed by atoms with Crippen LogP contribution in [0.15, 0.2) is 18.2 Å². The number of aryl methyl sites for hydroxylation is 1. The molecule has 1 aromatic rings. The normalized spacial score (nSPS) is 19.0. The van der Waals surface area contributed by atoms with E-state index in [1.165, 1.54) is 6.07 Å². The van der Waals surface area contributed by atoms with Crippen molar-refractivity contribution in [2.24, 2.45) is 0 Å². The molecule has 0 radical (unpaired) electrons. The summed E-state index contributed by atoms with van der Waals surface area (Å²) in [7, 11) is 0. The van der Waals surface area contributed by atoms with Crippen molar-refractivity contribution >= 4 is 5.78 Å². The number of halogens is 1. The highest BCUT2D eigenvalue weighted by Gasteiger charge is 2.37. The molecule has 2 nitrogen and oxygen atoms in total. The highest BCUT2D eigenvalue weighted by atomic mass is 19.1. The molecular weight excluding hydrogens is 219 g/mol. The Morgan fingerprint density at radius 3 is 2.53 bits per heavy atom. The number of aliphatic hydroxyl groups is 1. The van der Waals surface area contributed by atoms with Gasteiger partial charge < -0.3 is 5.11 Å². The first kappa shape index (κ1) is 12.2. The highest BCUT2D eigenvalue weighted by Crippen LogP contribution is 2.31. The lowest BCUT2D eigenvalue weighted by atomic mass is 9.79. The zero-order chi connectivity index (χ0) is 12.5. The van der Waals surface area contributed by atoms with Crippen LogP contribution in [0.3, 0.4) is 0 Å². The summed E-state index contributed by atoms with van der Waals surface area (Å²) in [6, 6.07) is 4.40. The number of ketones is 1. The molecule has 17 heavy (non-hydrogen) atoms.